The second-order valence-electron chi connectivity index (χ2n) is 10.1. The molecular weight excluding hydrogens is 536 g/mol. The Morgan fingerprint density at radius 2 is 2.02 bits per heavy atom. The third kappa shape index (κ3) is 5.73. The second-order valence-corrected chi connectivity index (χ2v) is 11.4. The number of carbonyl (C=O) groups excluding carboxylic acids is 1. The number of benzene rings is 2. The molecule has 1 saturated heterocycles. The molecule has 0 unspecified atom stereocenters. The van der Waals surface area contributed by atoms with Gasteiger partial charge in [-0.1, -0.05) is 19.6 Å². The van der Waals surface area contributed by atoms with Crippen LogP contribution in [0, 0.1) is 0 Å². The predicted octanol–water partition coefficient (Wildman–Crippen LogP) is 5.13. The maximum Gasteiger partial charge on any atom is 0.247 e. The Bertz CT molecular complexity index is 1590. The summed E-state index contributed by atoms with van der Waals surface area (Å²) in [7, 11) is 3.56. The van der Waals surface area contributed by atoms with Crippen molar-refractivity contribution >= 4 is 51.5 Å². The number of amides is 1. The average Bonchev–Trinajstić information content (AvgIpc) is 3.37. The minimum absolute atomic E-state index is 0.0624. The summed E-state index contributed by atoms with van der Waals surface area (Å²) in [5.41, 5.74) is 5.01. The lowest BCUT2D eigenvalue weighted by atomic mass is 10.1. The summed E-state index contributed by atoms with van der Waals surface area (Å²) in [6.07, 6.45) is 6.79. The lowest BCUT2D eigenvalue weighted by Gasteiger charge is -2.49. The number of fused-ring (bicyclic) bond motifs is 1. The summed E-state index contributed by atoms with van der Waals surface area (Å²) in [5, 5.41) is 11.8. The monoisotopic (exact) mass is 572 g/mol. The van der Waals surface area contributed by atoms with Crippen molar-refractivity contribution in [1.82, 2.24) is 24.6 Å². The highest BCUT2D eigenvalue weighted by Gasteiger charge is 2.37. The van der Waals surface area contributed by atoms with Crippen LogP contribution in [0.5, 0.6) is 5.75 Å². The number of aromatic nitrogens is 4. The van der Waals surface area contributed by atoms with E-state index in [-0.39, 0.29) is 10.8 Å². The Balaban J connectivity index is 1.49. The van der Waals surface area contributed by atoms with E-state index in [9.17, 15) is 4.79 Å². The summed E-state index contributed by atoms with van der Waals surface area (Å²) in [5.74, 6) is 0.953. The van der Waals surface area contributed by atoms with Crippen LogP contribution in [0.15, 0.2) is 61.6 Å². The maximum atomic E-state index is 12.5. The molecule has 0 radical (unpaired) electrons. The van der Waals surface area contributed by atoms with Gasteiger partial charge in [-0.25, -0.2) is 9.97 Å². The Hall–Kier alpha value is -4.09. The molecule has 2 aromatic carbocycles. The number of rotatable bonds is 9. The van der Waals surface area contributed by atoms with E-state index < -0.39 is 0 Å². The molecule has 10 nitrogen and oxygen atoms in total. The summed E-state index contributed by atoms with van der Waals surface area (Å²) in [6.45, 7) is 11.6. The molecule has 5 rings (SSSR count). The fourth-order valence-electron chi connectivity index (χ4n) is 5.33. The highest BCUT2D eigenvalue weighted by Crippen LogP contribution is 2.41. The van der Waals surface area contributed by atoms with E-state index in [2.05, 4.69) is 68.2 Å². The van der Waals surface area contributed by atoms with Crippen LogP contribution < -0.4 is 20.3 Å². The van der Waals surface area contributed by atoms with Crippen LogP contribution in [0.4, 0.5) is 22.9 Å². The van der Waals surface area contributed by atoms with Crippen molar-refractivity contribution in [2.24, 2.45) is 7.05 Å². The molecule has 2 N–H and O–H groups in total. The fourth-order valence-corrected chi connectivity index (χ4v) is 6.09. The quantitative estimate of drug-likeness (QED) is 0.265. The number of anilines is 4. The molecular formula is C30H36N8O2S. The van der Waals surface area contributed by atoms with Gasteiger partial charge in [0.2, 0.25) is 5.91 Å². The number of methoxy groups -OCH3 is 1. The summed E-state index contributed by atoms with van der Waals surface area (Å²) in [6, 6.07) is 11.9. The number of nitrogens with one attached hydrogen (secondary N) is 2. The zero-order chi connectivity index (χ0) is 29.1. The van der Waals surface area contributed by atoms with Crippen molar-refractivity contribution < 1.29 is 9.53 Å². The van der Waals surface area contributed by atoms with E-state index in [0.717, 1.165) is 54.0 Å². The minimum atomic E-state index is -0.280. The number of hydrogen-bond donors (Lipinski definition) is 2. The van der Waals surface area contributed by atoms with Gasteiger partial charge in [0, 0.05) is 49.8 Å². The predicted molar refractivity (Wildman–Crippen MR) is 168 cm³/mol. The van der Waals surface area contributed by atoms with Gasteiger partial charge >= 0.3 is 0 Å². The molecule has 1 aliphatic heterocycles. The first-order chi connectivity index (χ1) is 19.8. The molecule has 41 heavy (non-hydrogen) atoms. The molecule has 0 bridgehead atoms. The number of aryl methyl sites for hydroxylation is 1. The molecule has 1 aliphatic rings. The van der Waals surface area contributed by atoms with Crippen LogP contribution in [0.25, 0.3) is 22.2 Å². The van der Waals surface area contributed by atoms with Crippen LogP contribution in [0.2, 0.25) is 0 Å². The third-order valence-electron chi connectivity index (χ3n) is 7.69. The fraction of sp³-hybridized carbons (Fsp3) is 0.333. The zero-order valence-electron chi connectivity index (χ0n) is 24.1. The van der Waals surface area contributed by atoms with Gasteiger partial charge in [0.1, 0.15) is 17.9 Å². The lowest BCUT2D eigenvalue weighted by molar-refractivity contribution is -0.111. The average molecular weight is 573 g/mol. The number of carbonyl (C=O) groups is 1. The highest BCUT2D eigenvalue weighted by molar-refractivity contribution is 7.99. The first-order valence-corrected chi connectivity index (χ1v) is 14.7. The first kappa shape index (κ1) is 28.4. The Morgan fingerprint density at radius 1 is 1.20 bits per heavy atom. The van der Waals surface area contributed by atoms with Crippen LogP contribution in [-0.4, -0.2) is 75.0 Å². The van der Waals surface area contributed by atoms with E-state index in [1.165, 1.54) is 12.4 Å². The van der Waals surface area contributed by atoms with Gasteiger partial charge in [0.05, 0.1) is 46.5 Å². The zero-order valence-corrected chi connectivity index (χ0v) is 25.0. The maximum absolute atomic E-state index is 12.5. The van der Waals surface area contributed by atoms with Crippen molar-refractivity contribution in [3.8, 4) is 17.0 Å². The first-order valence-electron chi connectivity index (χ1n) is 13.5. The molecule has 4 aromatic rings. The Labute approximate surface area is 244 Å². The van der Waals surface area contributed by atoms with E-state index in [0.29, 0.717) is 22.9 Å². The molecule has 2 aromatic heterocycles. The number of ether oxygens (including phenoxy) is 1. The molecule has 3 heterocycles. The van der Waals surface area contributed by atoms with E-state index >= 15 is 0 Å². The van der Waals surface area contributed by atoms with Crippen LogP contribution in [0.1, 0.15) is 13.8 Å². The number of likely N-dealkylation sites (N-methyl/N-ethyl adjacent to an activating group) is 1. The smallest absolute Gasteiger partial charge is 0.247 e. The summed E-state index contributed by atoms with van der Waals surface area (Å²) < 4.78 is 7.67. The number of thioether (sulfide) groups is 1. The molecule has 0 saturated carbocycles. The SMILES string of the molecule is C=CC(=O)Nc1cc(Nc2cc(-c3ccc4c(cnn4C)c3)ncn2)c(OC)cc1N1CCN(CC)[C@@](C)(SC)C1. The standard InChI is InChI=1S/C30H36N8O2S/c1-7-29(39)35-23-14-24(27(40-5)16-26(23)37-11-12-38(8-2)30(3,18-37)41-6)34-28-15-22(31-19-32-28)20-9-10-25-21(13-20)17-33-36(25)4/h7,9-10,13-17,19H,1,8,11-12,18H2,2-6H3,(H,35,39)(H,31,32,34)/t30-/m0/s1. The van der Waals surface area contributed by atoms with Gasteiger partial charge in [-0.15, -0.1) is 11.8 Å². The topological polar surface area (TPSA) is 100 Å². The van der Waals surface area contributed by atoms with E-state index in [1.54, 1.807) is 7.11 Å². The normalized spacial score (nSPS) is 17.4. The largest absolute Gasteiger partial charge is 0.494 e. The molecule has 0 spiro atoms. The Morgan fingerprint density at radius 3 is 2.76 bits per heavy atom. The second kappa shape index (κ2) is 11.8. The third-order valence-corrected chi connectivity index (χ3v) is 8.95. The summed E-state index contributed by atoms with van der Waals surface area (Å²) in [4.78, 5) is 26.2. The van der Waals surface area contributed by atoms with Crippen molar-refractivity contribution in [1.29, 1.82) is 0 Å². The van der Waals surface area contributed by atoms with Crippen molar-refractivity contribution in [2.45, 2.75) is 18.7 Å². The van der Waals surface area contributed by atoms with E-state index in [4.69, 9.17) is 4.74 Å². The van der Waals surface area contributed by atoms with Crippen LogP contribution in [-0.2, 0) is 11.8 Å². The number of hydrogen-bond acceptors (Lipinski definition) is 9. The van der Waals surface area contributed by atoms with E-state index in [1.807, 2.05) is 60.0 Å². The number of piperazine rings is 1. The van der Waals surface area contributed by atoms with Crippen molar-refractivity contribution in [3.63, 3.8) is 0 Å². The highest BCUT2D eigenvalue weighted by atomic mass is 32.2. The molecule has 214 valence electrons. The molecule has 1 fully saturated rings. The molecule has 0 aliphatic carbocycles. The number of nitrogens with zero attached hydrogens (tertiary/aromatic N) is 6. The van der Waals surface area contributed by atoms with Crippen LogP contribution in [0.3, 0.4) is 0 Å². The van der Waals surface area contributed by atoms with Gasteiger partial charge in [0.15, 0.2) is 0 Å². The van der Waals surface area contributed by atoms with Gasteiger partial charge < -0.3 is 20.3 Å². The minimum Gasteiger partial charge on any atom is -0.494 e. The van der Waals surface area contributed by atoms with Crippen molar-refractivity contribution in [2.75, 3.05) is 55.1 Å². The van der Waals surface area contributed by atoms with Gasteiger partial charge in [-0.05, 0) is 44.0 Å². The molecule has 1 atom stereocenters. The van der Waals surface area contributed by atoms with Gasteiger partial charge in [0.25, 0.3) is 0 Å². The molecule has 1 amide bonds. The molecule has 11 heteroatoms. The van der Waals surface area contributed by atoms with Crippen molar-refractivity contribution in [3.05, 3.63) is 61.6 Å². The summed E-state index contributed by atoms with van der Waals surface area (Å²) >= 11 is 1.84. The lowest BCUT2D eigenvalue weighted by Crippen LogP contribution is -2.59. The van der Waals surface area contributed by atoms with Gasteiger partial charge in [-0.3, -0.25) is 14.4 Å². The Kier molecular flexibility index (Phi) is 8.18. The van der Waals surface area contributed by atoms with Crippen LogP contribution >= 0.6 is 11.8 Å². The van der Waals surface area contributed by atoms with Gasteiger partial charge in [-0.2, -0.15) is 5.10 Å².